The third-order valence-corrected chi connectivity index (χ3v) is 2.06. The predicted molar refractivity (Wildman–Crippen MR) is 55.3 cm³/mol. The summed E-state index contributed by atoms with van der Waals surface area (Å²) in [6.07, 6.45) is 0. The Kier molecular flexibility index (Phi) is 3.14. The van der Waals surface area contributed by atoms with E-state index in [0.29, 0.717) is 19.2 Å². The summed E-state index contributed by atoms with van der Waals surface area (Å²) in [5.41, 5.74) is 8.42. The monoisotopic (exact) mass is 230 g/mol. The summed E-state index contributed by atoms with van der Waals surface area (Å²) in [7, 11) is 0. The van der Waals surface area contributed by atoms with Crippen molar-refractivity contribution in [1.82, 2.24) is 20.0 Å². The van der Waals surface area contributed by atoms with Gasteiger partial charge >= 0.3 is 0 Å². The Morgan fingerprint density at radius 1 is 1.27 bits per heavy atom. The Labute approximate surface area is 91.6 Å². The maximum absolute atomic E-state index is 5.64. The summed E-state index contributed by atoms with van der Waals surface area (Å²) < 4.78 is 5.20. The van der Waals surface area contributed by atoms with Gasteiger partial charge in [-0.1, -0.05) is 0 Å². The van der Waals surface area contributed by atoms with Gasteiger partial charge in [-0.3, -0.25) is 5.43 Å². The number of aromatic nitrogens is 3. The number of hydrogen-bond donors (Lipinski definition) is 2. The van der Waals surface area contributed by atoms with Crippen molar-refractivity contribution in [2.75, 3.05) is 37.5 Å². The Balaban J connectivity index is 2.02. The van der Waals surface area contributed by atoms with E-state index in [1.807, 2.05) is 5.01 Å². The van der Waals surface area contributed by atoms with Crippen LogP contribution in [0, 0.1) is 0 Å². The predicted octanol–water partition coefficient (Wildman–Crippen LogP) is -0.234. The molecule has 2 rings (SSSR count). The number of nitrogens with two attached hydrogens (primary N) is 1. The van der Waals surface area contributed by atoms with Gasteiger partial charge in [0.15, 0.2) is 0 Å². The van der Waals surface area contributed by atoms with E-state index in [2.05, 4.69) is 20.4 Å². The largest absolute Gasteiger partial charge is 0.379 e. The first-order chi connectivity index (χ1) is 7.24. The zero-order valence-corrected chi connectivity index (χ0v) is 8.74. The van der Waals surface area contributed by atoms with E-state index in [1.165, 1.54) is 0 Å². The molecule has 0 aliphatic carbocycles. The van der Waals surface area contributed by atoms with Crippen LogP contribution in [-0.2, 0) is 4.74 Å². The molecule has 0 radical (unpaired) electrons. The minimum atomic E-state index is 0.0817. The van der Waals surface area contributed by atoms with E-state index in [4.69, 9.17) is 22.1 Å². The number of nitrogen functional groups attached to an aromatic ring is 1. The Hall–Kier alpha value is -1.18. The van der Waals surface area contributed by atoms with Crippen LogP contribution in [0.15, 0.2) is 0 Å². The number of anilines is 2. The van der Waals surface area contributed by atoms with Crippen LogP contribution in [0.2, 0.25) is 5.28 Å². The molecule has 1 aromatic heterocycles. The van der Waals surface area contributed by atoms with E-state index in [0.717, 1.165) is 13.1 Å². The highest BCUT2D eigenvalue weighted by Crippen LogP contribution is 2.08. The highest BCUT2D eigenvalue weighted by molar-refractivity contribution is 6.28. The zero-order chi connectivity index (χ0) is 10.7. The molecule has 7 nitrogen and oxygen atoms in total. The molecule has 0 unspecified atom stereocenters. The summed E-state index contributed by atoms with van der Waals surface area (Å²) in [5.74, 6) is 0.458. The van der Waals surface area contributed by atoms with Crippen LogP contribution < -0.4 is 11.2 Å². The van der Waals surface area contributed by atoms with E-state index in [9.17, 15) is 0 Å². The molecule has 1 aliphatic heterocycles. The second-order valence-electron chi connectivity index (χ2n) is 3.00. The normalized spacial score (nSPS) is 17.7. The van der Waals surface area contributed by atoms with Gasteiger partial charge in [-0.2, -0.15) is 15.0 Å². The van der Waals surface area contributed by atoms with Crippen LogP contribution in [0.4, 0.5) is 11.9 Å². The Morgan fingerprint density at radius 3 is 2.67 bits per heavy atom. The molecule has 8 heteroatoms. The van der Waals surface area contributed by atoms with Gasteiger partial charge in [0.25, 0.3) is 0 Å². The molecule has 0 aromatic carbocycles. The number of rotatable bonds is 2. The molecule has 1 aliphatic rings. The minimum Gasteiger partial charge on any atom is -0.379 e. The minimum absolute atomic E-state index is 0.0817. The number of nitrogens with zero attached hydrogens (tertiary/aromatic N) is 4. The maximum atomic E-state index is 5.64. The average Bonchev–Trinajstić information content (AvgIpc) is 2.17. The number of ether oxygens (including phenoxy) is 1. The fourth-order valence-corrected chi connectivity index (χ4v) is 1.40. The van der Waals surface area contributed by atoms with Crippen molar-refractivity contribution in [1.29, 1.82) is 0 Å². The second kappa shape index (κ2) is 4.56. The van der Waals surface area contributed by atoms with Crippen LogP contribution in [-0.4, -0.2) is 46.3 Å². The van der Waals surface area contributed by atoms with Crippen molar-refractivity contribution in [3.8, 4) is 0 Å². The molecule has 0 atom stereocenters. The molecule has 1 fully saturated rings. The maximum Gasteiger partial charge on any atom is 0.243 e. The highest BCUT2D eigenvalue weighted by atomic mass is 35.5. The lowest BCUT2D eigenvalue weighted by molar-refractivity contribution is 0.0492. The molecule has 0 spiro atoms. The quantitative estimate of drug-likeness (QED) is 0.725. The third kappa shape index (κ3) is 2.88. The first kappa shape index (κ1) is 10.3. The van der Waals surface area contributed by atoms with E-state index >= 15 is 0 Å². The number of morpholine rings is 1. The number of nitrogens with one attached hydrogen (secondary N) is 1. The fraction of sp³-hybridized carbons (Fsp3) is 0.571. The van der Waals surface area contributed by atoms with Gasteiger partial charge in [-0.05, 0) is 11.6 Å². The molecule has 0 bridgehead atoms. The van der Waals surface area contributed by atoms with Gasteiger partial charge in [0.2, 0.25) is 17.2 Å². The standard InChI is InChI=1S/C7H11ClN6O/c8-5-10-6(9)12-7(11-5)13-14-1-3-15-4-2-14/h1-4H2,(H3,9,10,11,12,13). The Morgan fingerprint density at radius 2 is 2.00 bits per heavy atom. The molecule has 3 N–H and O–H groups in total. The van der Waals surface area contributed by atoms with Gasteiger partial charge < -0.3 is 10.5 Å². The number of halogens is 1. The Bertz CT molecular complexity index is 322. The van der Waals surface area contributed by atoms with Crippen LogP contribution in [0.25, 0.3) is 0 Å². The molecule has 0 amide bonds. The lowest BCUT2D eigenvalue weighted by Gasteiger charge is -2.26. The lowest BCUT2D eigenvalue weighted by atomic mass is 10.5. The summed E-state index contributed by atoms with van der Waals surface area (Å²) in [6.45, 7) is 2.90. The summed E-state index contributed by atoms with van der Waals surface area (Å²) in [4.78, 5) is 11.5. The van der Waals surface area contributed by atoms with Crippen molar-refractivity contribution >= 4 is 23.5 Å². The van der Waals surface area contributed by atoms with E-state index in [-0.39, 0.29) is 11.2 Å². The topological polar surface area (TPSA) is 89.2 Å². The van der Waals surface area contributed by atoms with Gasteiger partial charge in [0, 0.05) is 13.1 Å². The summed E-state index contributed by atoms with van der Waals surface area (Å²) in [6, 6.07) is 0. The van der Waals surface area contributed by atoms with Crippen molar-refractivity contribution in [3.05, 3.63) is 5.28 Å². The van der Waals surface area contributed by atoms with Gasteiger partial charge in [-0.25, -0.2) is 5.01 Å². The molecule has 15 heavy (non-hydrogen) atoms. The summed E-state index contributed by atoms with van der Waals surface area (Å²) >= 11 is 5.64. The van der Waals surface area contributed by atoms with Crippen molar-refractivity contribution in [3.63, 3.8) is 0 Å². The molecule has 1 aromatic rings. The van der Waals surface area contributed by atoms with E-state index in [1.54, 1.807) is 0 Å². The van der Waals surface area contributed by atoms with Crippen molar-refractivity contribution in [2.24, 2.45) is 0 Å². The van der Waals surface area contributed by atoms with Crippen LogP contribution in [0.3, 0.4) is 0 Å². The molecule has 2 heterocycles. The van der Waals surface area contributed by atoms with Crippen molar-refractivity contribution < 1.29 is 4.74 Å². The molecule has 82 valence electrons. The first-order valence-electron chi connectivity index (χ1n) is 4.50. The number of hydrogen-bond acceptors (Lipinski definition) is 7. The molecular weight excluding hydrogens is 220 g/mol. The second-order valence-corrected chi connectivity index (χ2v) is 3.34. The van der Waals surface area contributed by atoms with E-state index < -0.39 is 0 Å². The van der Waals surface area contributed by atoms with Crippen LogP contribution >= 0.6 is 11.6 Å². The average molecular weight is 231 g/mol. The van der Waals surface area contributed by atoms with Gasteiger partial charge in [0.1, 0.15) is 0 Å². The smallest absolute Gasteiger partial charge is 0.243 e. The number of hydrazine groups is 1. The van der Waals surface area contributed by atoms with Gasteiger partial charge in [0.05, 0.1) is 13.2 Å². The molecular formula is C7H11ClN6O. The lowest BCUT2D eigenvalue weighted by Crippen LogP contribution is -2.40. The zero-order valence-electron chi connectivity index (χ0n) is 7.98. The molecule has 1 saturated heterocycles. The fourth-order valence-electron chi connectivity index (χ4n) is 1.23. The molecule has 0 saturated carbocycles. The third-order valence-electron chi connectivity index (χ3n) is 1.89. The SMILES string of the molecule is Nc1nc(Cl)nc(NN2CCOCC2)n1. The highest BCUT2D eigenvalue weighted by Gasteiger charge is 2.11. The van der Waals surface area contributed by atoms with Crippen LogP contribution in [0.5, 0.6) is 0 Å². The summed E-state index contributed by atoms with van der Waals surface area (Å²) in [5, 5.41) is 2.02. The van der Waals surface area contributed by atoms with Crippen molar-refractivity contribution in [2.45, 2.75) is 0 Å². The van der Waals surface area contributed by atoms with Crippen LogP contribution in [0.1, 0.15) is 0 Å². The first-order valence-corrected chi connectivity index (χ1v) is 4.88. The van der Waals surface area contributed by atoms with Gasteiger partial charge in [-0.15, -0.1) is 0 Å².